The number of hydrogen-bond acceptors (Lipinski definition) is 5. The van der Waals surface area contributed by atoms with Crippen molar-refractivity contribution in [1.82, 2.24) is 4.90 Å². The highest BCUT2D eigenvalue weighted by molar-refractivity contribution is 7.10. The molecule has 0 aliphatic carbocycles. The van der Waals surface area contributed by atoms with Crippen molar-refractivity contribution >= 4 is 17.3 Å². The van der Waals surface area contributed by atoms with Crippen LogP contribution < -0.4 is 4.74 Å². The van der Waals surface area contributed by atoms with Gasteiger partial charge in [0.15, 0.2) is 6.61 Å². The number of alkyl halides is 3. The highest BCUT2D eigenvalue weighted by atomic mass is 32.1. The van der Waals surface area contributed by atoms with Crippen LogP contribution in [0.2, 0.25) is 0 Å². The van der Waals surface area contributed by atoms with Crippen LogP contribution in [0.5, 0.6) is 5.75 Å². The average molecular weight is 532 g/mol. The van der Waals surface area contributed by atoms with Crippen molar-refractivity contribution in [2.75, 3.05) is 26.3 Å². The number of fused-ring (bicyclic) bond motifs is 1. The molecule has 0 bridgehead atoms. The van der Waals surface area contributed by atoms with Crippen molar-refractivity contribution in [2.45, 2.75) is 52.3 Å². The van der Waals surface area contributed by atoms with E-state index >= 15 is 0 Å². The van der Waals surface area contributed by atoms with Gasteiger partial charge in [-0.2, -0.15) is 13.2 Å². The van der Waals surface area contributed by atoms with Crippen LogP contribution >= 0.6 is 11.3 Å². The normalized spacial score (nSPS) is 14.2. The van der Waals surface area contributed by atoms with E-state index in [9.17, 15) is 18.0 Å². The van der Waals surface area contributed by atoms with E-state index in [1.165, 1.54) is 16.0 Å². The highest BCUT2D eigenvalue weighted by Crippen LogP contribution is 2.35. The summed E-state index contributed by atoms with van der Waals surface area (Å²) in [6.45, 7) is 7.04. The molecule has 1 aliphatic heterocycles. The summed E-state index contributed by atoms with van der Waals surface area (Å²) >= 11 is 1.66. The summed E-state index contributed by atoms with van der Waals surface area (Å²) in [6.07, 6.45) is -0.704. The van der Waals surface area contributed by atoms with Gasteiger partial charge in [-0.05, 0) is 83.6 Å². The molecule has 0 fully saturated rings. The predicted molar refractivity (Wildman–Crippen MR) is 140 cm³/mol. The van der Waals surface area contributed by atoms with Crippen LogP contribution in [0.25, 0.3) is 11.1 Å². The minimum Gasteiger partial charge on any atom is -0.482 e. The lowest BCUT2D eigenvalue weighted by Gasteiger charge is -2.19. The van der Waals surface area contributed by atoms with Gasteiger partial charge in [0, 0.05) is 24.5 Å². The molecule has 0 N–H and O–H groups in total. The largest absolute Gasteiger partial charge is 0.482 e. The summed E-state index contributed by atoms with van der Waals surface area (Å²) < 4.78 is 49.6. The van der Waals surface area contributed by atoms with Gasteiger partial charge >= 0.3 is 12.1 Å². The Morgan fingerprint density at radius 2 is 1.78 bits per heavy atom. The Kier molecular flexibility index (Phi) is 8.92. The van der Waals surface area contributed by atoms with E-state index in [0.29, 0.717) is 12.4 Å². The number of nitrogens with zero attached hydrogens (tertiary/aromatic N) is 1. The van der Waals surface area contributed by atoms with Gasteiger partial charge in [0.1, 0.15) is 5.75 Å². The molecule has 0 atom stereocenters. The van der Waals surface area contributed by atoms with E-state index in [0.717, 1.165) is 74.1 Å². The van der Waals surface area contributed by atoms with Gasteiger partial charge in [-0.1, -0.05) is 31.5 Å². The number of esters is 1. The fourth-order valence-corrected chi connectivity index (χ4v) is 5.57. The molecule has 198 valence electrons. The maximum absolute atomic E-state index is 12.9. The van der Waals surface area contributed by atoms with E-state index in [4.69, 9.17) is 9.47 Å². The Morgan fingerprint density at radius 1 is 1.05 bits per heavy atom. The Bertz CT molecular complexity index is 1200. The second-order valence-electron chi connectivity index (χ2n) is 9.34. The van der Waals surface area contributed by atoms with Crippen LogP contribution in [0.1, 0.15) is 46.9 Å². The zero-order valence-corrected chi connectivity index (χ0v) is 22.0. The van der Waals surface area contributed by atoms with E-state index in [1.54, 1.807) is 23.5 Å². The molecule has 2 aromatic carbocycles. The first-order chi connectivity index (χ1) is 17.7. The van der Waals surface area contributed by atoms with Crippen LogP contribution in [-0.4, -0.2) is 37.2 Å². The van der Waals surface area contributed by atoms with Gasteiger partial charge in [0.2, 0.25) is 0 Å². The van der Waals surface area contributed by atoms with Crippen molar-refractivity contribution in [3.63, 3.8) is 0 Å². The van der Waals surface area contributed by atoms with Gasteiger partial charge in [-0.25, -0.2) is 4.79 Å². The zero-order valence-electron chi connectivity index (χ0n) is 21.2. The third-order valence-corrected chi connectivity index (χ3v) is 7.80. The minimum absolute atomic E-state index is 0.0897. The summed E-state index contributed by atoms with van der Waals surface area (Å²) in [6, 6.07) is 11.4. The SMILES string of the molecule is CCCCOC(=O)COc1ccc2c(c1)CCN(Cc1scc(-c3ccc(C(F)(F)F)cc3)c1C)CC2. The third kappa shape index (κ3) is 7.14. The number of halogens is 3. The van der Waals surface area contributed by atoms with Gasteiger partial charge < -0.3 is 9.47 Å². The number of benzene rings is 2. The summed E-state index contributed by atoms with van der Waals surface area (Å²) in [5.74, 6) is 0.325. The second-order valence-corrected chi connectivity index (χ2v) is 10.3. The Labute approximate surface area is 220 Å². The van der Waals surface area contributed by atoms with Gasteiger partial charge in [-0.15, -0.1) is 11.3 Å². The van der Waals surface area contributed by atoms with E-state index in [2.05, 4.69) is 11.0 Å². The van der Waals surface area contributed by atoms with Crippen LogP contribution in [-0.2, 0) is 35.1 Å². The smallest absolute Gasteiger partial charge is 0.416 e. The summed E-state index contributed by atoms with van der Waals surface area (Å²) in [5.41, 5.74) is 4.79. The molecule has 37 heavy (non-hydrogen) atoms. The Hall–Kier alpha value is -2.84. The highest BCUT2D eigenvalue weighted by Gasteiger charge is 2.30. The van der Waals surface area contributed by atoms with Gasteiger partial charge in [0.25, 0.3) is 0 Å². The van der Waals surface area contributed by atoms with Crippen molar-refractivity contribution in [3.05, 3.63) is 75.0 Å². The van der Waals surface area contributed by atoms with Crippen LogP contribution in [0.3, 0.4) is 0 Å². The average Bonchev–Trinajstić information content (AvgIpc) is 3.11. The lowest BCUT2D eigenvalue weighted by Crippen LogP contribution is -2.25. The Balaban J connectivity index is 1.35. The molecule has 0 radical (unpaired) electrons. The molecule has 1 aliphatic rings. The maximum atomic E-state index is 12.9. The van der Waals surface area contributed by atoms with Gasteiger partial charge in [0.05, 0.1) is 12.2 Å². The minimum atomic E-state index is -4.33. The first-order valence-corrected chi connectivity index (χ1v) is 13.5. The zero-order chi connectivity index (χ0) is 26.4. The lowest BCUT2D eigenvalue weighted by molar-refractivity contribution is -0.146. The summed E-state index contributed by atoms with van der Waals surface area (Å²) in [7, 11) is 0. The fraction of sp³-hybridized carbons (Fsp3) is 0.414. The predicted octanol–water partition coefficient (Wildman–Crippen LogP) is 7.07. The first-order valence-electron chi connectivity index (χ1n) is 12.6. The van der Waals surface area contributed by atoms with E-state index < -0.39 is 11.7 Å². The monoisotopic (exact) mass is 531 g/mol. The third-order valence-electron chi connectivity index (χ3n) is 6.72. The standard InChI is InChI=1S/C29H32F3NO3S/c1-3-4-15-35-28(34)18-36-25-10-7-21-11-13-33(14-12-23(21)16-25)17-27-20(2)26(19-37-27)22-5-8-24(9-6-22)29(30,31)32/h5-10,16,19H,3-4,11-15,17-18H2,1-2H3. The number of carbonyl (C=O) groups is 1. The number of thiophene rings is 1. The lowest BCUT2D eigenvalue weighted by atomic mass is 10.0. The van der Waals surface area contributed by atoms with Crippen molar-refractivity contribution in [2.24, 2.45) is 0 Å². The number of unbranched alkanes of at least 4 members (excludes halogenated alkanes) is 1. The van der Waals surface area contributed by atoms with Crippen LogP contribution in [0.4, 0.5) is 13.2 Å². The molecular weight excluding hydrogens is 499 g/mol. The molecule has 4 nitrogen and oxygen atoms in total. The molecule has 1 aromatic heterocycles. The molecule has 0 saturated carbocycles. The van der Waals surface area contributed by atoms with E-state index in [1.807, 2.05) is 31.4 Å². The topological polar surface area (TPSA) is 38.8 Å². The number of carbonyl (C=O) groups excluding carboxylic acids is 1. The number of ether oxygens (including phenoxy) is 2. The summed E-state index contributed by atoms with van der Waals surface area (Å²) in [5, 5.41) is 2.04. The van der Waals surface area contributed by atoms with Gasteiger partial charge in [-0.3, -0.25) is 4.90 Å². The van der Waals surface area contributed by atoms with Crippen molar-refractivity contribution in [3.8, 4) is 16.9 Å². The molecular formula is C29H32F3NO3S. The number of hydrogen-bond donors (Lipinski definition) is 0. The Morgan fingerprint density at radius 3 is 2.49 bits per heavy atom. The fourth-order valence-electron chi connectivity index (χ4n) is 4.45. The molecule has 0 saturated heterocycles. The second kappa shape index (κ2) is 12.1. The first kappa shape index (κ1) is 27.2. The molecule has 8 heteroatoms. The molecule has 0 spiro atoms. The molecule has 3 aromatic rings. The van der Waals surface area contributed by atoms with Crippen LogP contribution in [0, 0.1) is 6.92 Å². The molecule has 4 rings (SSSR count). The molecule has 0 unspecified atom stereocenters. The van der Waals surface area contributed by atoms with Crippen LogP contribution in [0.15, 0.2) is 47.8 Å². The summed E-state index contributed by atoms with van der Waals surface area (Å²) in [4.78, 5) is 15.5. The van der Waals surface area contributed by atoms with E-state index in [-0.39, 0.29) is 12.6 Å². The quantitative estimate of drug-likeness (QED) is 0.219. The van der Waals surface area contributed by atoms with Crippen molar-refractivity contribution in [1.29, 1.82) is 0 Å². The number of rotatable bonds is 9. The van der Waals surface area contributed by atoms with Crippen molar-refractivity contribution < 1.29 is 27.4 Å². The maximum Gasteiger partial charge on any atom is 0.416 e. The molecule has 0 amide bonds. The molecule has 2 heterocycles.